The lowest BCUT2D eigenvalue weighted by Crippen LogP contribution is -2.00. The van der Waals surface area contributed by atoms with Crippen molar-refractivity contribution in [2.75, 3.05) is 12.8 Å². The summed E-state index contributed by atoms with van der Waals surface area (Å²) >= 11 is 0. The summed E-state index contributed by atoms with van der Waals surface area (Å²) in [5.74, 6) is 0.502. The highest BCUT2D eigenvalue weighted by molar-refractivity contribution is 5.72. The lowest BCUT2D eigenvalue weighted by Gasteiger charge is -2.04. The summed E-state index contributed by atoms with van der Waals surface area (Å²) in [4.78, 5) is 13.8. The van der Waals surface area contributed by atoms with E-state index in [2.05, 4.69) is 4.98 Å². The number of anilines is 1. The van der Waals surface area contributed by atoms with Gasteiger partial charge in [0.2, 0.25) is 0 Å². The number of methoxy groups -OCH3 is 1. The highest BCUT2D eigenvalue weighted by Gasteiger charge is 2.14. The molecule has 0 radical (unpaired) electrons. The standard InChI is InChI=1S/C15H18N2O3/c1-9-12(7-8-13(18)19)15(16)17-14(9)10-3-5-11(20-2)6-4-10/h3-6,17H,7-8,16H2,1-2H3,(H,18,19). The molecule has 1 aromatic carbocycles. The average molecular weight is 274 g/mol. The third-order valence-corrected chi connectivity index (χ3v) is 3.38. The van der Waals surface area contributed by atoms with Crippen LogP contribution in [0.5, 0.6) is 5.75 Å². The number of nitrogens with one attached hydrogen (secondary N) is 1. The van der Waals surface area contributed by atoms with E-state index in [-0.39, 0.29) is 6.42 Å². The molecule has 5 nitrogen and oxygen atoms in total. The summed E-state index contributed by atoms with van der Waals surface area (Å²) in [5.41, 5.74) is 9.74. The Labute approximate surface area is 117 Å². The van der Waals surface area contributed by atoms with Crippen LogP contribution in [0, 0.1) is 6.92 Å². The molecule has 20 heavy (non-hydrogen) atoms. The molecule has 0 aliphatic rings. The zero-order chi connectivity index (χ0) is 14.7. The number of carboxylic acid groups (broad SMARTS) is 1. The van der Waals surface area contributed by atoms with Crippen molar-refractivity contribution in [3.63, 3.8) is 0 Å². The second kappa shape index (κ2) is 5.69. The van der Waals surface area contributed by atoms with Gasteiger partial charge in [-0.25, -0.2) is 0 Å². The Morgan fingerprint density at radius 1 is 1.35 bits per heavy atom. The minimum atomic E-state index is -0.823. The fourth-order valence-electron chi connectivity index (χ4n) is 2.26. The number of aromatic amines is 1. The molecule has 1 aromatic heterocycles. The molecule has 4 N–H and O–H groups in total. The van der Waals surface area contributed by atoms with Crippen molar-refractivity contribution in [2.45, 2.75) is 19.8 Å². The molecule has 0 saturated carbocycles. The first-order chi connectivity index (χ1) is 9.52. The smallest absolute Gasteiger partial charge is 0.303 e. The van der Waals surface area contributed by atoms with E-state index < -0.39 is 5.97 Å². The van der Waals surface area contributed by atoms with Gasteiger partial charge in [-0.15, -0.1) is 0 Å². The number of carboxylic acids is 1. The molecule has 0 aliphatic carbocycles. The summed E-state index contributed by atoms with van der Waals surface area (Å²) in [5, 5.41) is 8.77. The first-order valence-electron chi connectivity index (χ1n) is 6.36. The van der Waals surface area contributed by atoms with Crippen molar-refractivity contribution in [1.82, 2.24) is 4.98 Å². The Kier molecular flexibility index (Phi) is 3.98. The van der Waals surface area contributed by atoms with Crippen LogP contribution in [-0.4, -0.2) is 23.2 Å². The van der Waals surface area contributed by atoms with Crippen LogP contribution in [0.3, 0.4) is 0 Å². The molecule has 0 bridgehead atoms. The Bertz CT molecular complexity index is 615. The lowest BCUT2D eigenvalue weighted by atomic mass is 10.0. The second-order valence-corrected chi connectivity index (χ2v) is 4.64. The van der Waals surface area contributed by atoms with Gasteiger partial charge in [-0.1, -0.05) is 0 Å². The van der Waals surface area contributed by atoms with Gasteiger partial charge >= 0.3 is 5.97 Å². The van der Waals surface area contributed by atoms with Crippen molar-refractivity contribution in [2.24, 2.45) is 0 Å². The minimum Gasteiger partial charge on any atom is -0.497 e. The number of aromatic nitrogens is 1. The van der Waals surface area contributed by atoms with Crippen LogP contribution in [-0.2, 0) is 11.2 Å². The third kappa shape index (κ3) is 2.77. The van der Waals surface area contributed by atoms with Crippen LogP contribution in [0.2, 0.25) is 0 Å². The average Bonchev–Trinajstić information content (AvgIpc) is 2.72. The monoisotopic (exact) mass is 274 g/mol. The van der Waals surface area contributed by atoms with E-state index in [1.54, 1.807) is 7.11 Å². The third-order valence-electron chi connectivity index (χ3n) is 3.38. The van der Waals surface area contributed by atoms with Gasteiger partial charge in [0.25, 0.3) is 0 Å². The fourth-order valence-corrected chi connectivity index (χ4v) is 2.26. The Hall–Kier alpha value is -2.43. The molecule has 1 heterocycles. The number of aliphatic carboxylic acids is 1. The van der Waals surface area contributed by atoms with E-state index in [0.717, 1.165) is 28.1 Å². The molecule has 0 amide bonds. The van der Waals surface area contributed by atoms with E-state index in [4.69, 9.17) is 15.6 Å². The van der Waals surface area contributed by atoms with Gasteiger partial charge in [-0.2, -0.15) is 0 Å². The SMILES string of the molecule is COc1ccc(-c2[nH]c(N)c(CCC(=O)O)c2C)cc1. The summed E-state index contributed by atoms with van der Waals surface area (Å²) < 4.78 is 5.13. The number of rotatable bonds is 5. The van der Waals surface area contributed by atoms with E-state index in [0.29, 0.717) is 12.2 Å². The maximum atomic E-state index is 10.7. The van der Waals surface area contributed by atoms with Crippen molar-refractivity contribution in [3.8, 4) is 17.0 Å². The maximum absolute atomic E-state index is 10.7. The molecule has 0 fully saturated rings. The first kappa shape index (κ1) is 14.0. The molecule has 5 heteroatoms. The van der Waals surface area contributed by atoms with E-state index >= 15 is 0 Å². The fraction of sp³-hybridized carbons (Fsp3) is 0.267. The van der Waals surface area contributed by atoms with Gasteiger partial charge < -0.3 is 20.6 Å². The molecule has 2 aromatic rings. The van der Waals surface area contributed by atoms with Gasteiger partial charge in [0.15, 0.2) is 0 Å². The molecule has 2 rings (SSSR count). The molecular weight excluding hydrogens is 256 g/mol. The Morgan fingerprint density at radius 2 is 2.00 bits per heavy atom. The molecular formula is C15H18N2O3. The first-order valence-corrected chi connectivity index (χ1v) is 6.36. The van der Waals surface area contributed by atoms with Crippen molar-refractivity contribution in [3.05, 3.63) is 35.4 Å². The number of nitrogen functional groups attached to an aromatic ring is 1. The maximum Gasteiger partial charge on any atom is 0.303 e. The van der Waals surface area contributed by atoms with Gasteiger partial charge in [0, 0.05) is 6.42 Å². The zero-order valence-electron chi connectivity index (χ0n) is 11.6. The van der Waals surface area contributed by atoms with Crippen LogP contribution in [0.15, 0.2) is 24.3 Å². The number of ether oxygens (including phenoxy) is 1. The summed E-state index contributed by atoms with van der Waals surface area (Å²) in [6, 6.07) is 7.64. The van der Waals surface area contributed by atoms with Gasteiger partial charge in [-0.3, -0.25) is 4.79 Å². The van der Waals surface area contributed by atoms with Crippen LogP contribution >= 0.6 is 0 Å². The largest absolute Gasteiger partial charge is 0.497 e. The zero-order valence-corrected chi connectivity index (χ0v) is 11.6. The van der Waals surface area contributed by atoms with Crippen molar-refractivity contribution < 1.29 is 14.6 Å². The molecule has 0 spiro atoms. The molecule has 0 atom stereocenters. The van der Waals surface area contributed by atoms with Gasteiger partial charge in [0.1, 0.15) is 11.6 Å². The molecule has 0 aliphatic heterocycles. The predicted molar refractivity (Wildman–Crippen MR) is 77.9 cm³/mol. The van der Waals surface area contributed by atoms with Gasteiger partial charge in [0.05, 0.1) is 12.8 Å². The molecule has 0 saturated heterocycles. The minimum absolute atomic E-state index is 0.0744. The van der Waals surface area contributed by atoms with Gasteiger partial charge in [-0.05, 0) is 54.3 Å². The second-order valence-electron chi connectivity index (χ2n) is 4.64. The number of hydrogen-bond donors (Lipinski definition) is 3. The highest BCUT2D eigenvalue weighted by Crippen LogP contribution is 2.30. The highest BCUT2D eigenvalue weighted by atomic mass is 16.5. The van der Waals surface area contributed by atoms with E-state index in [1.165, 1.54) is 0 Å². The number of nitrogens with two attached hydrogens (primary N) is 1. The van der Waals surface area contributed by atoms with Crippen LogP contribution in [0.1, 0.15) is 17.5 Å². The topological polar surface area (TPSA) is 88.3 Å². The number of carbonyl (C=O) groups is 1. The molecule has 0 unspecified atom stereocenters. The van der Waals surface area contributed by atoms with Crippen LogP contribution in [0.4, 0.5) is 5.82 Å². The Morgan fingerprint density at radius 3 is 2.55 bits per heavy atom. The summed E-state index contributed by atoms with van der Waals surface area (Å²) in [6.07, 6.45) is 0.505. The number of H-pyrrole nitrogens is 1. The summed E-state index contributed by atoms with van der Waals surface area (Å²) in [7, 11) is 1.62. The number of hydrogen-bond acceptors (Lipinski definition) is 3. The summed E-state index contributed by atoms with van der Waals surface area (Å²) in [6.45, 7) is 1.95. The number of benzene rings is 1. The van der Waals surface area contributed by atoms with Crippen LogP contribution in [0.25, 0.3) is 11.3 Å². The van der Waals surface area contributed by atoms with E-state index in [1.807, 2.05) is 31.2 Å². The lowest BCUT2D eigenvalue weighted by molar-refractivity contribution is -0.136. The predicted octanol–water partition coefficient (Wildman–Crippen LogP) is 2.60. The van der Waals surface area contributed by atoms with E-state index in [9.17, 15) is 4.79 Å². The van der Waals surface area contributed by atoms with Crippen molar-refractivity contribution in [1.29, 1.82) is 0 Å². The normalized spacial score (nSPS) is 10.5. The van der Waals surface area contributed by atoms with Crippen LogP contribution < -0.4 is 10.5 Å². The molecule has 106 valence electrons. The quantitative estimate of drug-likeness (QED) is 0.782. The van der Waals surface area contributed by atoms with Crippen molar-refractivity contribution >= 4 is 11.8 Å². The Balaban J connectivity index is 2.32.